The molecule has 0 saturated carbocycles. The molecule has 0 saturated heterocycles. The second-order valence-corrected chi connectivity index (χ2v) is 6.78. The average Bonchev–Trinajstić information content (AvgIpc) is 3.05. The lowest BCUT2D eigenvalue weighted by atomic mass is 10.1. The van der Waals surface area contributed by atoms with Crippen LogP contribution in [0, 0.1) is 0 Å². The third-order valence-electron chi connectivity index (χ3n) is 4.49. The van der Waals surface area contributed by atoms with E-state index in [1.165, 1.54) is 25.1 Å². The molecule has 0 bridgehead atoms. The van der Waals surface area contributed by atoms with Crippen LogP contribution in [0.25, 0.3) is 6.08 Å². The van der Waals surface area contributed by atoms with Crippen molar-refractivity contribution >= 4 is 23.7 Å². The van der Waals surface area contributed by atoms with E-state index in [2.05, 4.69) is 5.32 Å². The minimum absolute atomic E-state index is 0.149. The summed E-state index contributed by atoms with van der Waals surface area (Å²) in [5.41, 5.74) is 1.12. The van der Waals surface area contributed by atoms with Gasteiger partial charge in [0, 0.05) is 6.07 Å². The van der Waals surface area contributed by atoms with E-state index in [-0.39, 0.29) is 23.0 Å². The van der Waals surface area contributed by atoms with Gasteiger partial charge in [0.1, 0.15) is 17.2 Å². The zero-order valence-electron chi connectivity index (χ0n) is 16.8. The molecule has 2 aromatic rings. The largest absolute Gasteiger partial charge is 0.497 e. The van der Waals surface area contributed by atoms with Crippen LogP contribution in [0.1, 0.15) is 22.8 Å². The van der Waals surface area contributed by atoms with Crippen molar-refractivity contribution in [3.05, 3.63) is 59.4 Å². The second kappa shape index (κ2) is 9.31. The number of allylic oxidation sites excluding steroid dienone is 1. The van der Waals surface area contributed by atoms with Crippen molar-refractivity contribution in [1.82, 2.24) is 5.32 Å². The Morgan fingerprint density at radius 2 is 1.84 bits per heavy atom. The summed E-state index contributed by atoms with van der Waals surface area (Å²) in [6, 6.07) is 10.2. The minimum Gasteiger partial charge on any atom is -0.497 e. The molecular weight excluding hydrogens is 406 g/mol. The van der Waals surface area contributed by atoms with Gasteiger partial charge in [-0.15, -0.1) is 0 Å². The number of fused-ring (bicyclic) bond motifs is 1. The quantitative estimate of drug-likeness (QED) is 0.542. The SMILES string of the molecule is COc1ccc(/C=C2\Oc3cc(OCC(=O)N[C@@H](C(=O)O)C(C)O)ccc3C2=O)cc1. The molecule has 1 unspecified atom stereocenters. The van der Waals surface area contributed by atoms with Crippen molar-refractivity contribution in [3.8, 4) is 17.2 Å². The molecule has 9 heteroatoms. The highest BCUT2D eigenvalue weighted by atomic mass is 16.5. The highest BCUT2D eigenvalue weighted by Gasteiger charge is 2.28. The summed E-state index contributed by atoms with van der Waals surface area (Å²) in [5, 5.41) is 20.6. The van der Waals surface area contributed by atoms with E-state index in [0.29, 0.717) is 11.3 Å². The lowest BCUT2D eigenvalue weighted by Gasteiger charge is -2.17. The zero-order chi connectivity index (χ0) is 22.5. The third kappa shape index (κ3) is 5.20. The Balaban J connectivity index is 1.65. The standard InChI is InChI=1S/C22H21NO8/c1-12(24)20(22(27)28)23-19(25)11-30-15-7-8-16-17(10-15)31-18(21(16)26)9-13-3-5-14(29-2)6-4-13/h3-10,12,20,24H,11H2,1-2H3,(H,23,25)(H,27,28)/b18-9-/t12?,20-/m1/s1. The van der Waals surface area contributed by atoms with Gasteiger partial charge in [0.25, 0.3) is 5.91 Å². The number of hydrogen-bond donors (Lipinski definition) is 3. The third-order valence-corrected chi connectivity index (χ3v) is 4.49. The van der Waals surface area contributed by atoms with Gasteiger partial charge in [0.2, 0.25) is 5.78 Å². The number of carbonyl (C=O) groups excluding carboxylic acids is 2. The fraction of sp³-hybridized carbons (Fsp3) is 0.227. The Hall–Kier alpha value is -3.85. The van der Waals surface area contributed by atoms with E-state index in [9.17, 15) is 19.5 Å². The number of carbonyl (C=O) groups is 3. The molecule has 3 N–H and O–H groups in total. The van der Waals surface area contributed by atoms with Crippen LogP contribution in [0.4, 0.5) is 0 Å². The first-order valence-electron chi connectivity index (χ1n) is 9.34. The van der Waals surface area contributed by atoms with Crippen LogP contribution < -0.4 is 19.5 Å². The molecule has 0 radical (unpaired) electrons. The first-order chi connectivity index (χ1) is 14.8. The predicted molar refractivity (Wildman–Crippen MR) is 109 cm³/mol. The Labute approximate surface area is 177 Å². The van der Waals surface area contributed by atoms with E-state index in [1.54, 1.807) is 37.5 Å². The molecule has 1 aliphatic rings. The van der Waals surface area contributed by atoms with Gasteiger partial charge in [-0.2, -0.15) is 0 Å². The molecule has 31 heavy (non-hydrogen) atoms. The number of nitrogens with one attached hydrogen (secondary N) is 1. The molecule has 2 aromatic carbocycles. The van der Waals surface area contributed by atoms with Crippen molar-refractivity contribution < 1.29 is 38.8 Å². The fourth-order valence-corrected chi connectivity index (χ4v) is 2.86. The van der Waals surface area contributed by atoms with Crippen LogP contribution in [0.2, 0.25) is 0 Å². The first kappa shape index (κ1) is 21.8. The first-order valence-corrected chi connectivity index (χ1v) is 9.34. The number of carboxylic acid groups (broad SMARTS) is 1. The number of ether oxygens (including phenoxy) is 3. The number of aliphatic hydroxyl groups is 1. The van der Waals surface area contributed by atoms with E-state index >= 15 is 0 Å². The number of hydrogen-bond acceptors (Lipinski definition) is 7. The Morgan fingerprint density at radius 1 is 1.16 bits per heavy atom. The number of Topliss-reactive ketones (excluding diaryl/α,β-unsaturated/α-hetero) is 1. The van der Waals surface area contributed by atoms with Crippen molar-refractivity contribution in [2.24, 2.45) is 0 Å². The molecule has 1 heterocycles. The van der Waals surface area contributed by atoms with Crippen molar-refractivity contribution in [2.75, 3.05) is 13.7 Å². The number of carboxylic acids is 1. The van der Waals surface area contributed by atoms with Gasteiger partial charge in [-0.3, -0.25) is 9.59 Å². The maximum Gasteiger partial charge on any atom is 0.328 e. The summed E-state index contributed by atoms with van der Waals surface area (Å²) in [5.74, 6) is -0.966. The Morgan fingerprint density at radius 3 is 2.45 bits per heavy atom. The van der Waals surface area contributed by atoms with Gasteiger partial charge in [-0.05, 0) is 42.8 Å². The van der Waals surface area contributed by atoms with Crippen LogP contribution in [-0.4, -0.2) is 53.7 Å². The zero-order valence-corrected chi connectivity index (χ0v) is 16.8. The summed E-state index contributed by atoms with van der Waals surface area (Å²) < 4.78 is 16.1. The summed E-state index contributed by atoms with van der Waals surface area (Å²) >= 11 is 0. The highest BCUT2D eigenvalue weighted by Crippen LogP contribution is 2.35. The Bertz CT molecular complexity index is 1030. The van der Waals surface area contributed by atoms with Gasteiger partial charge in [-0.25, -0.2) is 4.79 Å². The second-order valence-electron chi connectivity index (χ2n) is 6.78. The Kier molecular flexibility index (Phi) is 6.56. The number of benzene rings is 2. The van der Waals surface area contributed by atoms with Crippen molar-refractivity contribution in [2.45, 2.75) is 19.1 Å². The number of aliphatic hydroxyl groups excluding tert-OH is 1. The van der Waals surface area contributed by atoms with Crippen LogP contribution in [0.5, 0.6) is 17.2 Å². The van der Waals surface area contributed by atoms with Gasteiger partial charge >= 0.3 is 5.97 Å². The topological polar surface area (TPSA) is 131 Å². The van der Waals surface area contributed by atoms with Crippen LogP contribution in [0.15, 0.2) is 48.2 Å². The van der Waals surface area contributed by atoms with E-state index < -0.39 is 30.6 Å². The molecule has 0 aromatic heterocycles. The summed E-state index contributed by atoms with van der Waals surface area (Å²) in [4.78, 5) is 35.5. The molecule has 1 amide bonds. The summed E-state index contributed by atoms with van der Waals surface area (Å²) in [6.45, 7) is 0.781. The summed E-state index contributed by atoms with van der Waals surface area (Å²) in [7, 11) is 1.56. The van der Waals surface area contributed by atoms with E-state index in [0.717, 1.165) is 5.56 Å². The normalized spacial score (nSPS) is 15.6. The molecule has 0 aliphatic carbocycles. The van der Waals surface area contributed by atoms with E-state index in [4.69, 9.17) is 19.3 Å². The van der Waals surface area contributed by atoms with Gasteiger partial charge in [0.15, 0.2) is 18.4 Å². The molecule has 0 fully saturated rings. The minimum atomic E-state index is -1.44. The fourth-order valence-electron chi connectivity index (χ4n) is 2.86. The van der Waals surface area contributed by atoms with Crippen LogP contribution in [-0.2, 0) is 9.59 Å². The number of aliphatic carboxylic acids is 1. The highest BCUT2D eigenvalue weighted by molar-refractivity contribution is 6.14. The maximum absolute atomic E-state index is 12.5. The molecule has 3 rings (SSSR count). The van der Waals surface area contributed by atoms with Crippen molar-refractivity contribution in [1.29, 1.82) is 0 Å². The molecule has 9 nitrogen and oxygen atoms in total. The number of ketones is 1. The van der Waals surface area contributed by atoms with Gasteiger partial charge in [0.05, 0.1) is 18.8 Å². The van der Waals surface area contributed by atoms with Gasteiger partial charge in [-0.1, -0.05) is 12.1 Å². The van der Waals surface area contributed by atoms with Gasteiger partial charge < -0.3 is 29.7 Å². The number of methoxy groups -OCH3 is 1. The summed E-state index contributed by atoms with van der Waals surface area (Å²) in [6.07, 6.45) is 0.342. The lowest BCUT2D eigenvalue weighted by Crippen LogP contribution is -2.49. The smallest absolute Gasteiger partial charge is 0.328 e. The average molecular weight is 427 g/mol. The number of amides is 1. The molecule has 1 aliphatic heterocycles. The number of rotatable bonds is 8. The molecule has 2 atom stereocenters. The molecular formula is C22H21NO8. The van der Waals surface area contributed by atoms with Crippen molar-refractivity contribution in [3.63, 3.8) is 0 Å². The molecule has 0 spiro atoms. The maximum atomic E-state index is 12.5. The predicted octanol–water partition coefficient (Wildman–Crippen LogP) is 1.64. The van der Waals surface area contributed by atoms with Crippen LogP contribution >= 0.6 is 0 Å². The van der Waals surface area contributed by atoms with E-state index in [1.807, 2.05) is 0 Å². The molecule has 162 valence electrons. The lowest BCUT2D eigenvalue weighted by molar-refractivity contribution is -0.145. The van der Waals surface area contributed by atoms with Crippen LogP contribution in [0.3, 0.4) is 0 Å². The monoisotopic (exact) mass is 427 g/mol.